The SMILES string of the molecule is COCCN1CCCC2(CCCN2C(=O)c2cc(C)[nH]c(=O)c2)C1=O. The number of methoxy groups -OCH3 is 1. The van der Waals surface area contributed by atoms with Crippen LogP contribution in [0.15, 0.2) is 16.9 Å². The Morgan fingerprint density at radius 2 is 1.96 bits per heavy atom. The molecule has 1 N–H and O–H groups in total. The number of ether oxygens (including phenoxy) is 1. The molecule has 0 saturated carbocycles. The summed E-state index contributed by atoms with van der Waals surface area (Å²) >= 11 is 0. The van der Waals surface area contributed by atoms with Gasteiger partial charge >= 0.3 is 0 Å². The molecule has 7 heteroatoms. The van der Waals surface area contributed by atoms with Crippen molar-refractivity contribution in [1.29, 1.82) is 0 Å². The number of H-pyrrole nitrogens is 1. The first-order valence-corrected chi connectivity index (χ1v) is 8.79. The van der Waals surface area contributed by atoms with Crippen LogP contribution in [-0.4, -0.2) is 65.5 Å². The smallest absolute Gasteiger partial charge is 0.255 e. The fourth-order valence-electron chi connectivity index (χ4n) is 4.10. The molecular formula is C18H25N3O4. The van der Waals surface area contributed by atoms with Gasteiger partial charge in [-0.05, 0) is 38.7 Å². The van der Waals surface area contributed by atoms with Crippen LogP contribution in [0.2, 0.25) is 0 Å². The van der Waals surface area contributed by atoms with Crippen LogP contribution >= 0.6 is 0 Å². The molecule has 2 fully saturated rings. The van der Waals surface area contributed by atoms with E-state index in [0.717, 1.165) is 12.8 Å². The van der Waals surface area contributed by atoms with Crippen molar-refractivity contribution in [2.45, 2.75) is 38.1 Å². The van der Waals surface area contributed by atoms with E-state index in [1.807, 2.05) is 4.90 Å². The Bertz CT molecular complexity index is 729. The van der Waals surface area contributed by atoms with Gasteiger partial charge in [0.25, 0.3) is 5.91 Å². The van der Waals surface area contributed by atoms with Crippen LogP contribution in [0.5, 0.6) is 0 Å². The third-order valence-electron chi connectivity index (χ3n) is 5.23. The van der Waals surface area contributed by atoms with Gasteiger partial charge < -0.3 is 19.5 Å². The van der Waals surface area contributed by atoms with Crippen molar-refractivity contribution < 1.29 is 14.3 Å². The number of aromatic amines is 1. The summed E-state index contributed by atoms with van der Waals surface area (Å²) < 4.78 is 5.10. The second-order valence-electron chi connectivity index (χ2n) is 6.90. The lowest BCUT2D eigenvalue weighted by molar-refractivity contribution is -0.146. The summed E-state index contributed by atoms with van der Waals surface area (Å²) in [5.41, 5.74) is -0.0713. The molecule has 1 atom stereocenters. The Labute approximate surface area is 147 Å². The van der Waals surface area contributed by atoms with E-state index in [1.165, 1.54) is 6.07 Å². The molecule has 136 valence electrons. The highest BCUT2D eigenvalue weighted by Gasteiger charge is 2.52. The number of hydrogen-bond donors (Lipinski definition) is 1. The van der Waals surface area contributed by atoms with Crippen LogP contribution in [0.4, 0.5) is 0 Å². The van der Waals surface area contributed by atoms with Crippen LogP contribution in [0.3, 0.4) is 0 Å². The average molecular weight is 347 g/mol. The summed E-state index contributed by atoms with van der Waals surface area (Å²) in [7, 11) is 1.62. The number of nitrogens with one attached hydrogen (secondary N) is 1. The topological polar surface area (TPSA) is 82.7 Å². The molecule has 2 amide bonds. The van der Waals surface area contributed by atoms with Crippen molar-refractivity contribution >= 4 is 11.8 Å². The van der Waals surface area contributed by atoms with E-state index >= 15 is 0 Å². The van der Waals surface area contributed by atoms with Crippen molar-refractivity contribution in [2.75, 3.05) is 33.4 Å². The Hall–Kier alpha value is -2.15. The van der Waals surface area contributed by atoms with E-state index < -0.39 is 5.54 Å². The number of amides is 2. The fourth-order valence-corrected chi connectivity index (χ4v) is 4.10. The molecule has 1 aromatic rings. The quantitative estimate of drug-likeness (QED) is 0.878. The van der Waals surface area contributed by atoms with Crippen molar-refractivity contribution in [3.63, 3.8) is 0 Å². The van der Waals surface area contributed by atoms with Crippen LogP contribution < -0.4 is 5.56 Å². The normalized spacial score (nSPS) is 23.5. The van der Waals surface area contributed by atoms with Crippen molar-refractivity contribution in [3.8, 4) is 0 Å². The predicted molar refractivity (Wildman–Crippen MR) is 92.5 cm³/mol. The standard InChI is InChI=1S/C18H25N3O4/c1-13-11-14(12-15(22)19-13)16(23)21-8-4-6-18(21)5-3-7-20(17(18)24)9-10-25-2/h11-12H,3-10H2,1-2H3,(H,19,22). The zero-order valence-corrected chi connectivity index (χ0v) is 14.8. The maximum atomic E-state index is 13.1. The summed E-state index contributed by atoms with van der Waals surface area (Å²) in [5, 5.41) is 0. The summed E-state index contributed by atoms with van der Waals surface area (Å²) in [6.07, 6.45) is 3.04. The summed E-state index contributed by atoms with van der Waals surface area (Å²) in [5.74, 6) is -0.211. The molecule has 1 unspecified atom stereocenters. The van der Waals surface area contributed by atoms with E-state index in [9.17, 15) is 14.4 Å². The van der Waals surface area contributed by atoms with Gasteiger partial charge in [0.2, 0.25) is 11.5 Å². The second-order valence-corrected chi connectivity index (χ2v) is 6.90. The van der Waals surface area contributed by atoms with Gasteiger partial charge in [-0.15, -0.1) is 0 Å². The molecule has 1 aromatic heterocycles. The van der Waals surface area contributed by atoms with Gasteiger partial charge in [-0.3, -0.25) is 14.4 Å². The zero-order valence-electron chi connectivity index (χ0n) is 14.8. The molecular weight excluding hydrogens is 322 g/mol. The number of rotatable bonds is 4. The maximum absolute atomic E-state index is 13.1. The zero-order chi connectivity index (χ0) is 18.0. The van der Waals surface area contributed by atoms with Crippen molar-refractivity contribution in [1.82, 2.24) is 14.8 Å². The average Bonchev–Trinajstić information content (AvgIpc) is 2.99. The van der Waals surface area contributed by atoms with Gasteiger partial charge in [-0.2, -0.15) is 0 Å². The fraction of sp³-hybridized carbons (Fsp3) is 0.611. The van der Waals surface area contributed by atoms with Gasteiger partial charge in [-0.25, -0.2) is 0 Å². The van der Waals surface area contributed by atoms with E-state index in [-0.39, 0.29) is 17.4 Å². The molecule has 3 heterocycles. The minimum atomic E-state index is -0.764. The van der Waals surface area contributed by atoms with Crippen LogP contribution in [0.1, 0.15) is 41.7 Å². The van der Waals surface area contributed by atoms with E-state index in [0.29, 0.717) is 50.3 Å². The van der Waals surface area contributed by atoms with Gasteiger partial charge in [-0.1, -0.05) is 0 Å². The molecule has 2 aliphatic rings. The molecule has 0 bridgehead atoms. The Balaban J connectivity index is 1.89. The minimum Gasteiger partial charge on any atom is -0.383 e. The summed E-state index contributed by atoms with van der Waals surface area (Å²) in [4.78, 5) is 44.1. The number of piperidine rings is 1. The first-order valence-electron chi connectivity index (χ1n) is 8.79. The van der Waals surface area contributed by atoms with Gasteiger partial charge in [0.1, 0.15) is 5.54 Å². The maximum Gasteiger partial charge on any atom is 0.255 e. The highest BCUT2D eigenvalue weighted by molar-refractivity contribution is 6.00. The lowest BCUT2D eigenvalue weighted by atomic mass is 9.85. The second kappa shape index (κ2) is 7.00. The lowest BCUT2D eigenvalue weighted by Gasteiger charge is -2.44. The molecule has 0 radical (unpaired) electrons. The van der Waals surface area contributed by atoms with E-state index in [4.69, 9.17) is 4.74 Å². The number of carbonyl (C=O) groups excluding carboxylic acids is 2. The number of aromatic nitrogens is 1. The number of likely N-dealkylation sites (tertiary alicyclic amines) is 2. The highest BCUT2D eigenvalue weighted by Crippen LogP contribution is 2.39. The van der Waals surface area contributed by atoms with Crippen LogP contribution in [0.25, 0.3) is 0 Å². The number of nitrogens with zero attached hydrogens (tertiary/aromatic N) is 2. The summed E-state index contributed by atoms with van der Waals surface area (Å²) in [6.45, 7) is 4.03. The monoisotopic (exact) mass is 347 g/mol. The number of pyridine rings is 1. The van der Waals surface area contributed by atoms with Crippen molar-refractivity contribution in [2.24, 2.45) is 0 Å². The molecule has 2 aliphatic heterocycles. The predicted octanol–water partition coefficient (Wildman–Crippen LogP) is 0.927. The van der Waals surface area contributed by atoms with Gasteiger partial charge in [0, 0.05) is 44.1 Å². The first-order chi connectivity index (χ1) is 12.0. The minimum absolute atomic E-state index is 0.0169. The third-order valence-corrected chi connectivity index (χ3v) is 5.23. The van der Waals surface area contributed by atoms with Crippen LogP contribution in [-0.2, 0) is 9.53 Å². The largest absolute Gasteiger partial charge is 0.383 e. The molecule has 0 aromatic carbocycles. The van der Waals surface area contributed by atoms with Crippen molar-refractivity contribution in [3.05, 3.63) is 33.7 Å². The third kappa shape index (κ3) is 3.20. The van der Waals surface area contributed by atoms with E-state index in [2.05, 4.69) is 4.98 Å². The molecule has 0 aliphatic carbocycles. The molecule has 25 heavy (non-hydrogen) atoms. The molecule has 3 rings (SSSR count). The number of aryl methyl sites for hydroxylation is 1. The van der Waals surface area contributed by atoms with Gasteiger partial charge in [0.05, 0.1) is 6.61 Å². The molecule has 7 nitrogen and oxygen atoms in total. The summed E-state index contributed by atoms with van der Waals surface area (Å²) in [6, 6.07) is 2.99. The number of carbonyl (C=O) groups is 2. The van der Waals surface area contributed by atoms with Gasteiger partial charge in [0.15, 0.2) is 0 Å². The Morgan fingerprint density at radius 1 is 1.24 bits per heavy atom. The lowest BCUT2D eigenvalue weighted by Crippen LogP contribution is -2.61. The van der Waals surface area contributed by atoms with E-state index in [1.54, 1.807) is 25.0 Å². The number of hydrogen-bond acceptors (Lipinski definition) is 4. The molecule has 1 spiro atoms. The Morgan fingerprint density at radius 3 is 2.64 bits per heavy atom. The first kappa shape index (κ1) is 17.7. The highest BCUT2D eigenvalue weighted by atomic mass is 16.5. The van der Waals surface area contributed by atoms with Crippen LogP contribution in [0, 0.1) is 6.92 Å². The Kier molecular flexibility index (Phi) is 4.94. The molecule has 2 saturated heterocycles.